The minimum atomic E-state index is -0.0871. The molecule has 0 saturated carbocycles. The highest BCUT2D eigenvalue weighted by atomic mass is 35.5. The Hall–Kier alpha value is -1.95. The molecule has 0 fully saturated rings. The minimum Gasteiger partial charge on any atom is -0.310 e. The topological polar surface area (TPSA) is 49.0 Å². The molecule has 6 heteroatoms. The number of rotatable bonds is 7. The van der Waals surface area contributed by atoms with E-state index < -0.39 is 0 Å². The van der Waals surface area contributed by atoms with Gasteiger partial charge in [0.05, 0.1) is 15.2 Å². The molecule has 0 aliphatic heterocycles. The summed E-state index contributed by atoms with van der Waals surface area (Å²) in [6.45, 7) is 6.18. The van der Waals surface area contributed by atoms with Crippen molar-refractivity contribution in [1.29, 1.82) is 0 Å². The lowest BCUT2D eigenvalue weighted by Crippen LogP contribution is -2.26. The van der Waals surface area contributed by atoms with Crippen molar-refractivity contribution in [2.75, 3.05) is 13.1 Å². The predicted octanol–water partition coefficient (Wildman–Crippen LogP) is 3.87. The van der Waals surface area contributed by atoms with Gasteiger partial charge < -0.3 is 4.98 Å². The first kappa shape index (κ1) is 16.9. The number of fused-ring (bicyclic) bond motifs is 1. The molecule has 124 valence electrons. The van der Waals surface area contributed by atoms with E-state index in [9.17, 15) is 4.79 Å². The molecule has 0 amide bonds. The molecule has 2 heterocycles. The van der Waals surface area contributed by atoms with Gasteiger partial charge in [-0.15, -0.1) is 17.9 Å². The quantitative estimate of drug-likeness (QED) is 0.651. The van der Waals surface area contributed by atoms with E-state index in [0.29, 0.717) is 17.6 Å². The van der Waals surface area contributed by atoms with E-state index in [2.05, 4.69) is 21.4 Å². The summed E-state index contributed by atoms with van der Waals surface area (Å²) in [7, 11) is 0. The molecular formula is C18H18ClN3OS. The third-order valence-corrected chi connectivity index (χ3v) is 4.94. The molecule has 3 aromatic rings. The molecule has 0 unspecified atom stereocenters. The highest BCUT2D eigenvalue weighted by Crippen LogP contribution is 2.22. The highest BCUT2D eigenvalue weighted by molar-refractivity contribution is 7.16. The van der Waals surface area contributed by atoms with Crippen molar-refractivity contribution < 1.29 is 0 Å². The molecule has 24 heavy (non-hydrogen) atoms. The SMILES string of the molecule is C=CCN(CCc1nc2ccccc2c(=O)[nH]1)Cc1ccc(Cl)s1. The maximum atomic E-state index is 12.1. The Morgan fingerprint density at radius 2 is 2.12 bits per heavy atom. The molecule has 3 rings (SSSR count). The van der Waals surface area contributed by atoms with E-state index in [4.69, 9.17) is 11.6 Å². The monoisotopic (exact) mass is 359 g/mol. The van der Waals surface area contributed by atoms with Crippen molar-refractivity contribution in [3.8, 4) is 0 Å². The molecule has 1 aromatic carbocycles. The fourth-order valence-corrected chi connectivity index (χ4v) is 3.72. The Balaban J connectivity index is 1.72. The third kappa shape index (κ3) is 4.12. The van der Waals surface area contributed by atoms with E-state index >= 15 is 0 Å². The Labute approximate surface area is 149 Å². The number of hydrogen-bond donors (Lipinski definition) is 1. The third-order valence-electron chi connectivity index (χ3n) is 3.72. The first-order chi connectivity index (χ1) is 11.7. The summed E-state index contributed by atoms with van der Waals surface area (Å²) in [6.07, 6.45) is 2.55. The number of benzene rings is 1. The van der Waals surface area contributed by atoms with Crippen LogP contribution in [0.4, 0.5) is 0 Å². The van der Waals surface area contributed by atoms with Crippen LogP contribution in [0.2, 0.25) is 4.34 Å². The van der Waals surface area contributed by atoms with Crippen LogP contribution < -0.4 is 5.56 Å². The van der Waals surface area contributed by atoms with Crippen LogP contribution in [0.25, 0.3) is 10.9 Å². The Bertz CT molecular complexity index is 902. The van der Waals surface area contributed by atoms with E-state index in [-0.39, 0.29) is 5.56 Å². The van der Waals surface area contributed by atoms with Crippen LogP contribution in [0.1, 0.15) is 10.7 Å². The molecule has 4 nitrogen and oxygen atoms in total. The Morgan fingerprint density at radius 3 is 2.88 bits per heavy atom. The van der Waals surface area contributed by atoms with Gasteiger partial charge in [0.15, 0.2) is 0 Å². The first-order valence-electron chi connectivity index (χ1n) is 7.71. The lowest BCUT2D eigenvalue weighted by Gasteiger charge is -2.19. The number of aromatic amines is 1. The standard InChI is InChI=1S/C18H18ClN3OS/c1-2-10-22(12-13-7-8-16(19)24-13)11-9-17-20-15-6-4-3-5-14(15)18(23)21-17/h2-8H,1,9-12H2,(H,20,21,23). The second-order valence-corrected chi connectivity index (χ2v) is 7.31. The molecule has 2 aromatic heterocycles. The van der Waals surface area contributed by atoms with Crippen molar-refractivity contribution in [1.82, 2.24) is 14.9 Å². The smallest absolute Gasteiger partial charge is 0.258 e. The summed E-state index contributed by atoms with van der Waals surface area (Å²) in [4.78, 5) is 23.0. The van der Waals surface area contributed by atoms with Crippen molar-refractivity contribution >= 4 is 33.8 Å². The van der Waals surface area contributed by atoms with Crippen LogP contribution in [-0.4, -0.2) is 28.0 Å². The van der Waals surface area contributed by atoms with Gasteiger partial charge in [0.2, 0.25) is 0 Å². The lowest BCUT2D eigenvalue weighted by molar-refractivity contribution is 0.299. The van der Waals surface area contributed by atoms with Gasteiger partial charge in [0, 0.05) is 30.9 Å². The van der Waals surface area contributed by atoms with Gasteiger partial charge in [-0.2, -0.15) is 0 Å². The minimum absolute atomic E-state index is 0.0871. The Morgan fingerprint density at radius 1 is 1.29 bits per heavy atom. The van der Waals surface area contributed by atoms with E-state index in [0.717, 1.165) is 29.5 Å². The molecule has 0 radical (unpaired) electrons. The lowest BCUT2D eigenvalue weighted by atomic mass is 10.2. The van der Waals surface area contributed by atoms with Crippen molar-refractivity contribution in [3.05, 3.63) is 74.4 Å². The van der Waals surface area contributed by atoms with E-state index in [1.807, 2.05) is 36.4 Å². The first-order valence-corrected chi connectivity index (χ1v) is 8.90. The van der Waals surface area contributed by atoms with Crippen molar-refractivity contribution in [2.24, 2.45) is 0 Å². The fourth-order valence-electron chi connectivity index (χ4n) is 2.59. The normalized spacial score (nSPS) is 11.2. The summed E-state index contributed by atoms with van der Waals surface area (Å²) in [6, 6.07) is 11.3. The summed E-state index contributed by atoms with van der Waals surface area (Å²) < 4.78 is 0.795. The molecule has 0 saturated heterocycles. The predicted molar refractivity (Wildman–Crippen MR) is 101 cm³/mol. The van der Waals surface area contributed by atoms with Gasteiger partial charge in [-0.05, 0) is 24.3 Å². The average Bonchev–Trinajstić information content (AvgIpc) is 2.98. The van der Waals surface area contributed by atoms with E-state index in [1.54, 1.807) is 17.4 Å². The zero-order valence-electron chi connectivity index (χ0n) is 13.2. The Kier molecular flexibility index (Phi) is 5.45. The van der Waals surface area contributed by atoms with Gasteiger partial charge in [0.25, 0.3) is 5.56 Å². The number of thiophene rings is 1. The van der Waals surface area contributed by atoms with Gasteiger partial charge in [0.1, 0.15) is 5.82 Å². The zero-order chi connectivity index (χ0) is 16.9. The number of hydrogen-bond acceptors (Lipinski definition) is 4. The summed E-state index contributed by atoms with van der Waals surface area (Å²) in [5.41, 5.74) is 0.646. The van der Waals surface area contributed by atoms with Gasteiger partial charge in [-0.3, -0.25) is 9.69 Å². The fraction of sp³-hybridized carbons (Fsp3) is 0.222. The van der Waals surface area contributed by atoms with Gasteiger partial charge in [-0.25, -0.2) is 4.98 Å². The van der Waals surface area contributed by atoms with Crippen LogP contribution in [0.5, 0.6) is 0 Å². The van der Waals surface area contributed by atoms with Crippen LogP contribution >= 0.6 is 22.9 Å². The van der Waals surface area contributed by atoms with Gasteiger partial charge >= 0.3 is 0 Å². The number of halogens is 1. The molecule has 0 spiro atoms. The van der Waals surface area contributed by atoms with Crippen LogP contribution in [-0.2, 0) is 13.0 Å². The average molecular weight is 360 g/mol. The van der Waals surface area contributed by atoms with Gasteiger partial charge in [-0.1, -0.05) is 29.8 Å². The molecule has 0 bridgehead atoms. The maximum Gasteiger partial charge on any atom is 0.258 e. The zero-order valence-corrected chi connectivity index (χ0v) is 14.7. The summed E-state index contributed by atoms with van der Waals surface area (Å²) in [5.74, 6) is 0.706. The molecule has 0 atom stereocenters. The largest absolute Gasteiger partial charge is 0.310 e. The maximum absolute atomic E-state index is 12.1. The summed E-state index contributed by atoms with van der Waals surface area (Å²) in [5, 5.41) is 0.623. The second kappa shape index (κ2) is 7.75. The van der Waals surface area contributed by atoms with Crippen LogP contribution in [0, 0.1) is 0 Å². The number of nitrogens with zero attached hydrogens (tertiary/aromatic N) is 2. The number of H-pyrrole nitrogens is 1. The molecular weight excluding hydrogens is 342 g/mol. The second-order valence-electron chi connectivity index (χ2n) is 5.51. The molecule has 1 N–H and O–H groups in total. The van der Waals surface area contributed by atoms with E-state index in [1.165, 1.54) is 4.88 Å². The van der Waals surface area contributed by atoms with Crippen molar-refractivity contribution in [2.45, 2.75) is 13.0 Å². The molecule has 0 aliphatic carbocycles. The van der Waals surface area contributed by atoms with Crippen LogP contribution in [0.15, 0.2) is 53.8 Å². The number of nitrogens with one attached hydrogen (secondary N) is 1. The van der Waals surface area contributed by atoms with Crippen LogP contribution in [0.3, 0.4) is 0 Å². The number of para-hydroxylation sites is 1. The molecule has 0 aliphatic rings. The number of aromatic nitrogens is 2. The highest BCUT2D eigenvalue weighted by Gasteiger charge is 2.09. The van der Waals surface area contributed by atoms with Crippen molar-refractivity contribution in [3.63, 3.8) is 0 Å². The summed E-state index contributed by atoms with van der Waals surface area (Å²) >= 11 is 7.58.